The summed E-state index contributed by atoms with van der Waals surface area (Å²) >= 11 is 0. The van der Waals surface area contributed by atoms with E-state index in [4.69, 9.17) is 4.99 Å². The molecule has 0 aromatic rings. The molecule has 0 atom stereocenters. The number of amides is 1. The van der Waals surface area contributed by atoms with E-state index in [0.717, 1.165) is 77.2 Å². The number of hydrogen-bond acceptors (Lipinski definition) is 4. The Kier molecular flexibility index (Phi) is 8.41. The van der Waals surface area contributed by atoms with Gasteiger partial charge in [-0.25, -0.2) is 0 Å². The molecule has 0 aromatic heterocycles. The van der Waals surface area contributed by atoms with Crippen molar-refractivity contribution in [2.24, 2.45) is 4.99 Å². The third kappa shape index (κ3) is 6.53. The molecule has 1 saturated heterocycles. The Labute approximate surface area is 174 Å². The second-order valence-electron chi connectivity index (χ2n) is 7.71. The van der Waals surface area contributed by atoms with Crippen molar-refractivity contribution in [3.63, 3.8) is 0 Å². The first-order valence-corrected chi connectivity index (χ1v) is 9.85. The van der Waals surface area contributed by atoms with Crippen molar-refractivity contribution in [2.45, 2.75) is 57.1 Å². The van der Waals surface area contributed by atoms with E-state index in [1.54, 1.807) is 0 Å². The van der Waals surface area contributed by atoms with E-state index in [-0.39, 0.29) is 29.9 Å². The Balaban J connectivity index is 0.00000243. The molecule has 0 bridgehead atoms. The number of rotatable bonds is 6. The van der Waals surface area contributed by atoms with Crippen LogP contribution < -0.4 is 10.6 Å². The molecule has 0 radical (unpaired) electrons. The van der Waals surface area contributed by atoms with Crippen LogP contribution in [0.25, 0.3) is 0 Å². The summed E-state index contributed by atoms with van der Waals surface area (Å²) in [6.07, 6.45) is 6.19. The van der Waals surface area contributed by atoms with Gasteiger partial charge >= 0.3 is 0 Å². The number of hydrogen-bond donors (Lipinski definition) is 3. The molecule has 0 aromatic carbocycles. The fourth-order valence-electron chi connectivity index (χ4n) is 3.66. The van der Waals surface area contributed by atoms with Crippen molar-refractivity contribution in [1.82, 2.24) is 20.4 Å². The summed E-state index contributed by atoms with van der Waals surface area (Å²) in [5.74, 6) is 1.05. The number of piperazine rings is 1. The molecular weight excluding hydrogens is 445 g/mol. The Morgan fingerprint density at radius 2 is 1.85 bits per heavy atom. The monoisotopic (exact) mass is 479 g/mol. The van der Waals surface area contributed by atoms with Crippen LogP contribution in [0, 0.1) is 0 Å². The molecule has 3 rings (SSSR count). The number of aliphatic hydroxyl groups is 1. The second kappa shape index (κ2) is 10.1. The molecule has 3 N–H and O–H groups in total. The zero-order valence-electron chi connectivity index (χ0n) is 15.9. The molecule has 7 nitrogen and oxygen atoms in total. The van der Waals surface area contributed by atoms with E-state index in [1.165, 1.54) is 0 Å². The standard InChI is InChI=1S/C18H33N5O2.HI/c1-2-19-17(20-14-18(25)7-3-4-8-18)23-11-9-22(10-12-23)13-16(24)21-15-5-6-15;/h15,25H,2-14H2,1H3,(H,19,20)(H,21,24);1H. The van der Waals surface area contributed by atoms with E-state index in [2.05, 4.69) is 27.4 Å². The Hall–Kier alpha value is -0.610. The first-order valence-electron chi connectivity index (χ1n) is 9.85. The van der Waals surface area contributed by atoms with E-state index < -0.39 is 5.60 Å². The number of halogens is 1. The van der Waals surface area contributed by atoms with Crippen LogP contribution in [0.15, 0.2) is 4.99 Å². The number of guanidine groups is 1. The van der Waals surface area contributed by atoms with Crippen LogP contribution in [-0.2, 0) is 4.79 Å². The smallest absolute Gasteiger partial charge is 0.234 e. The molecule has 8 heteroatoms. The van der Waals surface area contributed by atoms with Crippen molar-refractivity contribution in [3.05, 3.63) is 0 Å². The Morgan fingerprint density at radius 3 is 2.42 bits per heavy atom. The molecule has 1 amide bonds. The van der Waals surface area contributed by atoms with Gasteiger partial charge in [-0.2, -0.15) is 0 Å². The molecule has 3 aliphatic rings. The summed E-state index contributed by atoms with van der Waals surface area (Å²) in [5, 5.41) is 16.9. The molecule has 26 heavy (non-hydrogen) atoms. The van der Waals surface area contributed by atoms with Crippen molar-refractivity contribution in [3.8, 4) is 0 Å². The van der Waals surface area contributed by atoms with Crippen LogP contribution in [-0.4, -0.2) is 84.2 Å². The van der Waals surface area contributed by atoms with Crippen LogP contribution >= 0.6 is 24.0 Å². The van der Waals surface area contributed by atoms with Crippen molar-refractivity contribution in [1.29, 1.82) is 0 Å². The lowest BCUT2D eigenvalue weighted by atomic mass is 10.0. The zero-order chi connectivity index (χ0) is 17.7. The van der Waals surface area contributed by atoms with Gasteiger partial charge in [0.1, 0.15) is 0 Å². The highest BCUT2D eigenvalue weighted by molar-refractivity contribution is 14.0. The highest BCUT2D eigenvalue weighted by atomic mass is 127. The van der Waals surface area contributed by atoms with Crippen LogP contribution in [0.5, 0.6) is 0 Å². The molecule has 3 fully saturated rings. The Morgan fingerprint density at radius 1 is 1.19 bits per heavy atom. The first kappa shape index (κ1) is 21.7. The van der Waals surface area contributed by atoms with E-state index >= 15 is 0 Å². The zero-order valence-corrected chi connectivity index (χ0v) is 18.2. The lowest BCUT2D eigenvalue weighted by Crippen LogP contribution is -2.54. The lowest BCUT2D eigenvalue weighted by Gasteiger charge is -2.36. The number of carbonyl (C=O) groups is 1. The summed E-state index contributed by atoms with van der Waals surface area (Å²) in [5.41, 5.74) is -0.608. The van der Waals surface area contributed by atoms with Crippen molar-refractivity contribution < 1.29 is 9.90 Å². The average molecular weight is 479 g/mol. The molecule has 2 saturated carbocycles. The normalized spacial score (nSPS) is 23.5. The van der Waals surface area contributed by atoms with Crippen LogP contribution in [0.3, 0.4) is 0 Å². The van der Waals surface area contributed by atoms with Gasteiger partial charge in [-0.15, -0.1) is 24.0 Å². The highest BCUT2D eigenvalue weighted by Crippen LogP contribution is 2.29. The maximum atomic E-state index is 11.9. The van der Waals surface area contributed by atoms with Gasteiger partial charge in [0.25, 0.3) is 0 Å². The predicted octanol–water partition coefficient (Wildman–Crippen LogP) is 0.771. The topological polar surface area (TPSA) is 80.2 Å². The predicted molar refractivity (Wildman–Crippen MR) is 114 cm³/mol. The SMILES string of the molecule is CCNC(=NCC1(O)CCCC1)N1CCN(CC(=O)NC2CC2)CC1.I. The number of carbonyl (C=O) groups excluding carboxylic acids is 1. The molecular formula is C18H34IN5O2. The fourth-order valence-corrected chi connectivity index (χ4v) is 3.66. The third-order valence-corrected chi connectivity index (χ3v) is 5.37. The van der Waals surface area contributed by atoms with Gasteiger partial charge in [-0.05, 0) is 32.6 Å². The first-order chi connectivity index (χ1) is 12.1. The van der Waals surface area contributed by atoms with Crippen LogP contribution in [0.4, 0.5) is 0 Å². The largest absolute Gasteiger partial charge is 0.388 e. The van der Waals surface area contributed by atoms with Gasteiger partial charge in [0.15, 0.2) is 5.96 Å². The summed E-state index contributed by atoms with van der Waals surface area (Å²) in [6.45, 7) is 7.33. The van der Waals surface area contributed by atoms with Gasteiger partial charge in [0, 0.05) is 38.8 Å². The van der Waals surface area contributed by atoms with Gasteiger partial charge in [0.05, 0.1) is 18.7 Å². The van der Waals surface area contributed by atoms with Crippen LogP contribution in [0.2, 0.25) is 0 Å². The van der Waals surface area contributed by atoms with Gasteiger partial charge in [-0.3, -0.25) is 14.7 Å². The lowest BCUT2D eigenvalue weighted by molar-refractivity contribution is -0.122. The van der Waals surface area contributed by atoms with Crippen molar-refractivity contribution in [2.75, 3.05) is 45.8 Å². The average Bonchev–Trinajstić information content (AvgIpc) is 3.30. The number of nitrogens with one attached hydrogen (secondary N) is 2. The second-order valence-corrected chi connectivity index (χ2v) is 7.71. The minimum atomic E-state index is -0.608. The summed E-state index contributed by atoms with van der Waals surface area (Å²) in [4.78, 5) is 21.1. The molecule has 150 valence electrons. The maximum absolute atomic E-state index is 11.9. The summed E-state index contributed by atoms with van der Waals surface area (Å²) in [6, 6.07) is 0.433. The van der Waals surface area contributed by atoms with Crippen molar-refractivity contribution >= 4 is 35.8 Å². The minimum absolute atomic E-state index is 0. The molecule has 2 aliphatic carbocycles. The summed E-state index contributed by atoms with van der Waals surface area (Å²) < 4.78 is 0. The van der Waals surface area contributed by atoms with E-state index in [1.807, 2.05) is 0 Å². The third-order valence-electron chi connectivity index (χ3n) is 5.37. The Bertz CT molecular complexity index is 484. The summed E-state index contributed by atoms with van der Waals surface area (Å²) in [7, 11) is 0. The quantitative estimate of drug-likeness (QED) is 0.298. The van der Waals surface area contributed by atoms with Gasteiger partial charge < -0.3 is 20.6 Å². The minimum Gasteiger partial charge on any atom is -0.388 e. The fraction of sp³-hybridized carbons (Fsp3) is 0.889. The number of aliphatic imine (C=N–C) groups is 1. The maximum Gasteiger partial charge on any atom is 0.234 e. The van der Waals surface area contributed by atoms with E-state index in [0.29, 0.717) is 19.1 Å². The molecule has 0 spiro atoms. The van der Waals surface area contributed by atoms with Crippen LogP contribution in [0.1, 0.15) is 45.4 Å². The molecule has 0 unspecified atom stereocenters. The van der Waals surface area contributed by atoms with Gasteiger partial charge in [-0.1, -0.05) is 12.8 Å². The number of nitrogens with zero attached hydrogens (tertiary/aromatic N) is 3. The highest BCUT2D eigenvalue weighted by Gasteiger charge is 2.31. The molecule has 1 heterocycles. The van der Waals surface area contributed by atoms with E-state index in [9.17, 15) is 9.90 Å². The van der Waals surface area contributed by atoms with Gasteiger partial charge in [0.2, 0.25) is 5.91 Å². The molecule has 1 aliphatic heterocycles.